The predicted molar refractivity (Wildman–Crippen MR) is 81.8 cm³/mol. The molecular formula is C15H27ClN2O2. The molecular weight excluding hydrogens is 276 g/mol. The highest BCUT2D eigenvalue weighted by Crippen LogP contribution is 2.23. The fourth-order valence-corrected chi connectivity index (χ4v) is 2.46. The Labute approximate surface area is 127 Å². The van der Waals surface area contributed by atoms with Crippen LogP contribution in [0, 0.1) is 5.41 Å². The molecule has 0 saturated carbocycles. The standard InChI is InChI=1S/C15H27ClN2O2/c1-4-5-6-13(19)17-12-7-9-18(10-8-12)14(20)15(2,3)11-16/h12H,4-11H2,1-3H3,(H,17,19). The van der Waals surface area contributed by atoms with Gasteiger partial charge in [-0.25, -0.2) is 0 Å². The van der Waals surface area contributed by atoms with Crippen molar-refractivity contribution in [2.24, 2.45) is 5.41 Å². The van der Waals surface area contributed by atoms with Gasteiger partial charge in [-0.3, -0.25) is 9.59 Å². The van der Waals surface area contributed by atoms with Gasteiger partial charge in [-0.05, 0) is 33.1 Å². The highest BCUT2D eigenvalue weighted by molar-refractivity contribution is 6.19. The van der Waals surface area contributed by atoms with E-state index in [1.54, 1.807) is 0 Å². The second-order valence-corrected chi connectivity index (χ2v) is 6.52. The first-order chi connectivity index (χ1) is 9.40. The third kappa shape index (κ3) is 4.97. The molecule has 0 bridgehead atoms. The number of hydrogen-bond donors (Lipinski definition) is 1. The summed E-state index contributed by atoms with van der Waals surface area (Å²) in [4.78, 5) is 25.8. The zero-order chi connectivity index (χ0) is 15.2. The molecule has 0 aliphatic carbocycles. The van der Waals surface area contributed by atoms with Crippen LogP contribution in [0.1, 0.15) is 52.9 Å². The lowest BCUT2D eigenvalue weighted by Gasteiger charge is -2.36. The van der Waals surface area contributed by atoms with Crippen LogP contribution in [-0.2, 0) is 9.59 Å². The van der Waals surface area contributed by atoms with Crippen molar-refractivity contribution in [3.05, 3.63) is 0 Å². The molecule has 1 saturated heterocycles. The van der Waals surface area contributed by atoms with Gasteiger partial charge in [0.25, 0.3) is 0 Å². The lowest BCUT2D eigenvalue weighted by molar-refractivity contribution is -0.140. The molecule has 0 aromatic heterocycles. The second kappa shape index (κ2) is 7.87. The van der Waals surface area contributed by atoms with E-state index in [0.29, 0.717) is 25.4 Å². The van der Waals surface area contributed by atoms with Crippen LogP contribution in [-0.4, -0.2) is 41.7 Å². The Morgan fingerprint density at radius 1 is 1.30 bits per heavy atom. The molecule has 0 unspecified atom stereocenters. The van der Waals surface area contributed by atoms with Crippen molar-refractivity contribution < 1.29 is 9.59 Å². The Balaban J connectivity index is 2.36. The number of alkyl halides is 1. The number of halogens is 1. The average Bonchev–Trinajstić information content (AvgIpc) is 2.45. The van der Waals surface area contributed by atoms with Crippen LogP contribution in [0.25, 0.3) is 0 Å². The quantitative estimate of drug-likeness (QED) is 0.767. The van der Waals surface area contributed by atoms with E-state index in [1.165, 1.54) is 0 Å². The van der Waals surface area contributed by atoms with Crippen LogP contribution in [0.4, 0.5) is 0 Å². The van der Waals surface area contributed by atoms with Gasteiger partial charge in [0, 0.05) is 31.4 Å². The van der Waals surface area contributed by atoms with Gasteiger partial charge in [0.15, 0.2) is 0 Å². The second-order valence-electron chi connectivity index (χ2n) is 6.26. The number of amides is 2. The average molecular weight is 303 g/mol. The molecule has 4 nitrogen and oxygen atoms in total. The number of carbonyl (C=O) groups is 2. The predicted octanol–water partition coefficient (Wildman–Crippen LogP) is 2.55. The minimum atomic E-state index is -0.501. The number of piperidine rings is 1. The van der Waals surface area contributed by atoms with E-state index in [-0.39, 0.29) is 17.9 Å². The third-order valence-electron chi connectivity index (χ3n) is 3.82. The number of nitrogens with one attached hydrogen (secondary N) is 1. The first-order valence-electron chi connectivity index (χ1n) is 7.55. The molecule has 5 heteroatoms. The number of likely N-dealkylation sites (tertiary alicyclic amines) is 1. The van der Waals surface area contributed by atoms with Crippen LogP contribution >= 0.6 is 11.6 Å². The lowest BCUT2D eigenvalue weighted by Crippen LogP contribution is -2.50. The minimum absolute atomic E-state index is 0.114. The molecule has 1 heterocycles. The first-order valence-corrected chi connectivity index (χ1v) is 8.09. The zero-order valence-electron chi connectivity index (χ0n) is 12.9. The number of rotatable bonds is 6. The molecule has 1 aliphatic rings. The fraction of sp³-hybridized carbons (Fsp3) is 0.867. The van der Waals surface area contributed by atoms with Gasteiger partial charge < -0.3 is 10.2 Å². The van der Waals surface area contributed by atoms with Gasteiger partial charge >= 0.3 is 0 Å². The summed E-state index contributed by atoms with van der Waals surface area (Å²) in [7, 11) is 0. The molecule has 1 rings (SSSR count). The number of carbonyl (C=O) groups excluding carboxylic acids is 2. The fourth-order valence-electron chi connectivity index (χ4n) is 2.35. The molecule has 0 radical (unpaired) electrons. The minimum Gasteiger partial charge on any atom is -0.353 e. The summed E-state index contributed by atoms with van der Waals surface area (Å²) < 4.78 is 0. The highest BCUT2D eigenvalue weighted by atomic mass is 35.5. The van der Waals surface area contributed by atoms with Crippen molar-refractivity contribution in [3.63, 3.8) is 0 Å². The van der Waals surface area contributed by atoms with E-state index < -0.39 is 5.41 Å². The van der Waals surface area contributed by atoms with Gasteiger partial charge in [-0.15, -0.1) is 11.6 Å². The molecule has 1 aliphatic heterocycles. The Morgan fingerprint density at radius 2 is 1.90 bits per heavy atom. The Morgan fingerprint density at radius 3 is 2.40 bits per heavy atom. The van der Waals surface area contributed by atoms with E-state index >= 15 is 0 Å². The number of unbranched alkanes of at least 4 members (excludes halogenated alkanes) is 1. The summed E-state index contributed by atoms with van der Waals surface area (Å²) in [6, 6.07) is 0.211. The van der Waals surface area contributed by atoms with E-state index in [4.69, 9.17) is 11.6 Å². The lowest BCUT2D eigenvalue weighted by atomic mass is 9.92. The summed E-state index contributed by atoms with van der Waals surface area (Å²) in [5.74, 6) is 0.584. The van der Waals surface area contributed by atoms with E-state index in [0.717, 1.165) is 25.7 Å². The summed E-state index contributed by atoms with van der Waals surface area (Å²) in [5.41, 5.74) is -0.501. The van der Waals surface area contributed by atoms with Crippen LogP contribution in [0.5, 0.6) is 0 Å². The largest absolute Gasteiger partial charge is 0.353 e. The van der Waals surface area contributed by atoms with Crippen molar-refractivity contribution in [1.82, 2.24) is 10.2 Å². The van der Waals surface area contributed by atoms with Crippen molar-refractivity contribution in [1.29, 1.82) is 0 Å². The topological polar surface area (TPSA) is 49.4 Å². The smallest absolute Gasteiger partial charge is 0.229 e. The van der Waals surface area contributed by atoms with E-state index in [9.17, 15) is 9.59 Å². The Bertz CT molecular complexity index is 337. The van der Waals surface area contributed by atoms with Crippen molar-refractivity contribution in [2.75, 3.05) is 19.0 Å². The first kappa shape index (κ1) is 17.3. The molecule has 1 N–H and O–H groups in total. The Kier molecular flexibility index (Phi) is 6.80. The van der Waals surface area contributed by atoms with E-state index in [2.05, 4.69) is 12.2 Å². The molecule has 2 amide bonds. The van der Waals surface area contributed by atoms with Gasteiger partial charge in [0.05, 0.1) is 5.41 Å². The molecule has 0 spiro atoms. The maximum absolute atomic E-state index is 12.3. The van der Waals surface area contributed by atoms with Crippen LogP contribution in [0.2, 0.25) is 0 Å². The summed E-state index contributed by atoms with van der Waals surface area (Å²) in [6.07, 6.45) is 4.25. The van der Waals surface area contributed by atoms with Crippen LogP contribution in [0.15, 0.2) is 0 Å². The van der Waals surface area contributed by atoms with Crippen molar-refractivity contribution >= 4 is 23.4 Å². The van der Waals surface area contributed by atoms with Gasteiger partial charge in [0.2, 0.25) is 11.8 Å². The SMILES string of the molecule is CCCCC(=O)NC1CCN(C(=O)C(C)(C)CCl)CC1. The maximum Gasteiger partial charge on any atom is 0.229 e. The maximum atomic E-state index is 12.3. The van der Waals surface area contributed by atoms with Crippen molar-refractivity contribution in [2.45, 2.75) is 58.9 Å². The highest BCUT2D eigenvalue weighted by Gasteiger charge is 2.33. The molecule has 20 heavy (non-hydrogen) atoms. The number of nitrogens with zero attached hydrogens (tertiary/aromatic N) is 1. The van der Waals surface area contributed by atoms with Gasteiger partial charge in [-0.2, -0.15) is 0 Å². The van der Waals surface area contributed by atoms with Crippen LogP contribution < -0.4 is 5.32 Å². The van der Waals surface area contributed by atoms with Crippen LogP contribution in [0.3, 0.4) is 0 Å². The zero-order valence-corrected chi connectivity index (χ0v) is 13.6. The summed E-state index contributed by atoms with van der Waals surface area (Å²) in [6.45, 7) is 7.24. The molecule has 1 fully saturated rings. The van der Waals surface area contributed by atoms with Gasteiger partial charge in [-0.1, -0.05) is 13.3 Å². The molecule has 116 valence electrons. The summed E-state index contributed by atoms with van der Waals surface area (Å²) in [5, 5.41) is 3.06. The van der Waals surface area contributed by atoms with Crippen molar-refractivity contribution in [3.8, 4) is 0 Å². The monoisotopic (exact) mass is 302 g/mol. The van der Waals surface area contributed by atoms with Gasteiger partial charge in [0.1, 0.15) is 0 Å². The number of hydrogen-bond acceptors (Lipinski definition) is 2. The molecule has 0 atom stereocenters. The van der Waals surface area contributed by atoms with E-state index in [1.807, 2.05) is 18.7 Å². The molecule has 0 aromatic rings. The molecule has 0 aromatic carbocycles. The third-order valence-corrected chi connectivity index (χ3v) is 4.49. The summed E-state index contributed by atoms with van der Waals surface area (Å²) >= 11 is 5.85. The normalized spacial score (nSPS) is 17.1. The Hall–Kier alpha value is -0.770.